The highest BCUT2D eigenvalue weighted by Crippen LogP contribution is 2.18. The Hall–Kier alpha value is -2.92. The molecule has 0 aliphatic rings. The maximum atomic E-state index is 12.1. The monoisotopic (exact) mass is 389 g/mol. The van der Waals surface area contributed by atoms with Crippen LogP contribution in [0.1, 0.15) is 27.5 Å². The molecule has 0 fully saturated rings. The van der Waals surface area contributed by atoms with Crippen molar-refractivity contribution in [2.75, 3.05) is 6.54 Å². The second kappa shape index (κ2) is 8.85. The van der Waals surface area contributed by atoms with E-state index in [9.17, 15) is 4.79 Å². The number of carbonyl (C=O) groups is 1. The number of aromatic nitrogens is 2. The molecule has 0 radical (unpaired) electrons. The summed E-state index contributed by atoms with van der Waals surface area (Å²) in [4.78, 5) is 17.7. The first kappa shape index (κ1) is 18.4. The molecule has 2 heterocycles. The van der Waals surface area contributed by atoms with E-state index in [1.807, 2.05) is 29.6 Å². The number of nitrogens with one attached hydrogen (secondary N) is 1. The second-order valence-corrected chi connectivity index (χ2v) is 7.69. The molecule has 0 aliphatic heterocycles. The van der Waals surface area contributed by atoms with Crippen molar-refractivity contribution in [2.24, 2.45) is 0 Å². The molecule has 5 heteroatoms. The largest absolute Gasteiger partial charge is 0.351 e. The Morgan fingerprint density at radius 3 is 2.61 bits per heavy atom. The van der Waals surface area contributed by atoms with Crippen molar-refractivity contribution >= 4 is 28.3 Å². The fourth-order valence-corrected chi connectivity index (χ4v) is 4.03. The number of para-hydroxylation sites is 2. The Kier molecular flexibility index (Phi) is 5.83. The van der Waals surface area contributed by atoms with Gasteiger partial charge in [-0.05, 0) is 42.0 Å². The Morgan fingerprint density at radius 1 is 0.964 bits per heavy atom. The molecule has 2 aromatic carbocycles. The van der Waals surface area contributed by atoms with Crippen LogP contribution in [0, 0.1) is 0 Å². The first-order valence-corrected chi connectivity index (χ1v) is 10.5. The molecule has 0 atom stereocenters. The predicted molar refractivity (Wildman–Crippen MR) is 115 cm³/mol. The van der Waals surface area contributed by atoms with Crippen molar-refractivity contribution in [3.63, 3.8) is 0 Å². The third-order valence-electron chi connectivity index (χ3n) is 4.81. The average Bonchev–Trinajstić information content (AvgIpc) is 3.38. The number of thiophene rings is 1. The van der Waals surface area contributed by atoms with Crippen molar-refractivity contribution in [3.8, 4) is 0 Å². The van der Waals surface area contributed by atoms with Gasteiger partial charge in [-0.2, -0.15) is 0 Å². The van der Waals surface area contributed by atoms with Crippen LogP contribution in [-0.2, 0) is 19.4 Å². The van der Waals surface area contributed by atoms with Crippen LogP contribution in [0.2, 0.25) is 0 Å². The lowest BCUT2D eigenvalue weighted by molar-refractivity contribution is 0.0957. The lowest BCUT2D eigenvalue weighted by Gasteiger charge is -2.10. The van der Waals surface area contributed by atoms with Crippen LogP contribution in [0.15, 0.2) is 72.1 Å². The standard InChI is InChI=1S/C23H23N3OS/c27-23(21-12-7-17-28-21)24-15-6-13-22-25-19-10-4-5-11-20(19)26(22)16-14-18-8-2-1-3-9-18/h1-5,7-12,17H,6,13-16H2,(H,24,27). The number of carbonyl (C=O) groups excluding carboxylic acids is 1. The van der Waals surface area contributed by atoms with E-state index in [4.69, 9.17) is 4.98 Å². The molecule has 4 aromatic rings. The van der Waals surface area contributed by atoms with E-state index < -0.39 is 0 Å². The quantitative estimate of drug-likeness (QED) is 0.444. The third kappa shape index (κ3) is 4.31. The topological polar surface area (TPSA) is 46.9 Å². The second-order valence-electron chi connectivity index (χ2n) is 6.74. The number of aryl methyl sites for hydroxylation is 3. The molecule has 0 saturated heterocycles. The van der Waals surface area contributed by atoms with Crippen LogP contribution in [0.25, 0.3) is 11.0 Å². The van der Waals surface area contributed by atoms with Crippen LogP contribution < -0.4 is 5.32 Å². The van der Waals surface area contributed by atoms with Crippen LogP contribution in [0.5, 0.6) is 0 Å². The van der Waals surface area contributed by atoms with Gasteiger partial charge in [-0.3, -0.25) is 4.79 Å². The van der Waals surface area contributed by atoms with Gasteiger partial charge in [-0.25, -0.2) is 4.98 Å². The molecular formula is C23H23N3OS. The normalized spacial score (nSPS) is 11.0. The maximum Gasteiger partial charge on any atom is 0.261 e. The summed E-state index contributed by atoms with van der Waals surface area (Å²) in [6.07, 6.45) is 2.68. The van der Waals surface area contributed by atoms with Crippen LogP contribution >= 0.6 is 11.3 Å². The fourth-order valence-electron chi connectivity index (χ4n) is 3.39. The molecule has 28 heavy (non-hydrogen) atoms. The van der Waals surface area contributed by atoms with Crippen molar-refractivity contribution in [1.82, 2.24) is 14.9 Å². The summed E-state index contributed by atoms with van der Waals surface area (Å²) in [7, 11) is 0. The van der Waals surface area contributed by atoms with Gasteiger partial charge in [0.15, 0.2) is 0 Å². The first-order valence-electron chi connectivity index (χ1n) is 9.61. The van der Waals surface area contributed by atoms with E-state index in [0.29, 0.717) is 6.54 Å². The fraction of sp³-hybridized carbons (Fsp3) is 0.217. The van der Waals surface area contributed by atoms with Crippen molar-refractivity contribution < 1.29 is 4.79 Å². The molecule has 0 bridgehead atoms. The summed E-state index contributed by atoms with van der Waals surface area (Å²) in [5, 5.41) is 4.92. The summed E-state index contributed by atoms with van der Waals surface area (Å²) in [5.74, 6) is 1.09. The highest BCUT2D eigenvalue weighted by Gasteiger charge is 2.11. The Labute approximate surface area is 168 Å². The van der Waals surface area contributed by atoms with Crippen LogP contribution in [0.4, 0.5) is 0 Å². The molecule has 0 saturated carbocycles. The minimum atomic E-state index is 0.00702. The van der Waals surface area contributed by atoms with Gasteiger partial charge in [0, 0.05) is 19.5 Å². The van der Waals surface area contributed by atoms with Gasteiger partial charge >= 0.3 is 0 Å². The van der Waals surface area contributed by atoms with E-state index in [1.54, 1.807) is 0 Å². The van der Waals surface area contributed by atoms with E-state index in [2.05, 4.69) is 52.3 Å². The van der Waals surface area contributed by atoms with Crippen LogP contribution in [-0.4, -0.2) is 22.0 Å². The number of benzene rings is 2. The molecule has 0 spiro atoms. The zero-order valence-corrected chi connectivity index (χ0v) is 16.5. The number of rotatable bonds is 8. The van der Waals surface area contributed by atoms with Gasteiger partial charge in [-0.15, -0.1) is 11.3 Å². The van der Waals surface area contributed by atoms with Crippen molar-refractivity contribution in [2.45, 2.75) is 25.8 Å². The van der Waals surface area contributed by atoms with E-state index in [-0.39, 0.29) is 5.91 Å². The minimum Gasteiger partial charge on any atom is -0.351 e. The predicted octanol–water partition coefficient (Wildman–Crippen LogP) is 4.70. The Morgan fingerprint density at radius 2 is 1.79 bits per heavy atom. The summed E-state index contributed by atoms with van der Waals surface area (Å²) in [6, 6.07) is 22.6. The number of imidazole rings is 1. The minimum absolute atomic E-state index is 0.00702. The van der Waals surface area contributed by atoms with E-state index in [0.717, 1.165) is 42.0 Å². The number of nitrogens with zero attached hydrogens (tertiary/aromatic N) is 2. The van der Waals surface area contributed by atoms with E-state index in [1.165, 1.54) is 22.4 Å². The highest BCUT2D eigenvalue weighted by atomic mass is 32.1. The van der Waals surface area contributed by atoms with Gasteiger partial charge in [0.2, 0.25) is 0 Å². The molecule has 4 rings (SSSR count). The van der Waals surface area contributed by atoms with Gasteiger partial charge in [0.25, 0.3) is 5.91 Å². The first-order chi connectivity index (χ1) is 13.8. The van der Waals surface area contributed by atoms with Crippen molar-refractivity contribution in [1.29, 1.82) is 0 Å². The molecule has 0 aliphatic carbocycles. The average molecular weight is 390 g/mol. The molecule has 0 unspecified atom stereocenters. The molecule has 1 N–H and O–H groups in total. The number of amides is 1. The molecule has 2 aromatic heterocycles. The molecule has 142 valence electrons. The van der Waals surface area contributed by atoms with E-state index >= 15 is 0 Å². The zero-order chi connectivity index (χ0) is 19.2. The lowest BCUT2D eigenvalue weighted by atomic mass is 10.1. The maximum absolute atomic E-state index is 12.1. The van der Waals surface area contributed by atoms with Crippen LogP contribution in [0.3, 0.4) is 0 Å². The van der Waals surface area contributed by atoms with Gasteiger partial charge in [-0.1, -0.05) is 48.5 Å². The summed E-state index contributed by atoms with van der Waals surface area (Å²) < 4.78 is 2.32. The zero-order valence-electron chi connectivity index (χ0n) is 15.7. The Balaban J connectivity index is 1.41. The number of fused-ring (bicyclic) bond motifs is 1. The highest BCUT2D eigenvalue weighted by molar-refractivity contribution is 7.12. The van der Waals surface area contributed by atoms with Crippen molar-refractivity contribution in [3.05, 3.63) is 88.4 Å². The summed E-state index contributed by atoms with van der Waals surface area (Å²) in [5.41, 5.74) is 3.54. The molecular weight excluding hydrogens is 366 g/mol. The molecule has 4 nitrogen and oxygen atoms in total. The summed E-state index contributed by atoms with van der Waals surface area (Å²) >= 11 is 1.47. The Bertz CT molecular complexity index is 1040. The van der Waals surface area contributed by atoms with Gasteiger partial charge < -0.3 is 9.88 Å². The lowest BCUT2D eigenvalue weighted by Crippen LogP contribution is -2.24. The number of hydrogen-bond acceptors (Lipinski definition) is 3. The third-order valence-corrected chi connectivity index (χ3v) is 5.68. The SMILES string of the molecule is O=C(NCCCc1nc2ccccc2n1CCc1ccccc1)c1cccs1. The number of hydrogen-bond donors (Lipinski definition) is 1. The summed E-state index contributed by atoms with van der Waals surface area (Å²) in [6.45, 7) is 1.56. The molecule has 1 amide bonds. The van der Waals surface area contributed by atoms with Gasteiger partial charge in [0.1, 0.15) is 5.82 Å². The van der Waals surface area contributed by atoms with Gasteiger partial charge in [0.05, 0.1) is 15.9 Å². The smallest absolute Gasteiger partial charge is 0.261 e.